The zero-order valence-electron chi connectivity index (χ0n) is 29.0. The van der Waals surface area contributed by atoms with Crippen LogP contribution < -0.4 is 0 Å². The van der Waals surface area contributed by atoms with Crippen molar-refractivity contribution >= 4 is 16.1 Å². The van der Waals surface area contributed by atoms with Crippen molar-refractivity contribution in [2.24, 2.45) is 0 Å². The molecule has 0 heterocycles. The number of likely N-dealkylation sites (N-methyl/N-ethyl adjacent to an activating group) is 1. The summed E-state index contributed by atoms with van der Waals surface area (Å²) >= 11 is 0. The first-order valence-electron chi connectivity index (χ1n) is 14.6. The van der Waals surface area contributed by atoms with Gasteiger partial charge in [0.05, 0.1) is 31.6 Å². The van der Waals surface area contributed by atoms with E-state index in [1.54, 1.807) is 12.1 Å². The number of phenols is 2. The van der Waals surface area contributed by atoms with Crippen molar-refractivity contribution in [2.45, 2.75) is 110 Å². The normalized spacial score (nSPS) is 13.3. The second-order valence-corrected chi connectivity index (χ2v) is 17.8. The van der Waals surface area contributed by atoms with E-state index in [1.807, 2.05) is 83.1 Å². The Bertz CT molecular complexity index is 1340. The third-order valence-electron chi connectivity index (χ3n) is 6.95. The minimum Gasteiger partial charge on any atom is -0.744 e. The van der Waals surface area contributed by atoms with Gasteiger partial charge in [-0.2, -0.15) is 0 Å². The summed E-state index contributed by atoms with van der Waals surface area (Å²) in [6.07, 6.45) is 0. The summed E-state index contributed by atoms with van der Waals surface area (Å²) in [7, 11) is 1.63. The molecule has 0 aliphatic rings. The summed E-state index contributed by atoms with van der Waals surface area (Å²) < 4.78 is 40.0. The predicted octanol–water partition coefficient (Wildman–Crippen LogP) is 6.74. The summed E-state index contributed by atoms with van der Waals surface area (Å²) in [5, 5.41) is 21.0. The lowest BCUT2D eigenvalue weighted by atomic mass is 9.78. The SMILES string of the molecule is CC(C)(C)c1cc(C(=O)OCC[N+](C)(C)C)cc(C(C)(C)C)c1O.CC(C)(C)c1cc(S(=O)(=O)[O-])cc(C(C)(C)C)c1O. The first-order valence-corrected chi connectivity index (χ1v) is 16.0. The van der Waals surface area contributed by atoms with Crippen LogP contribution in [0, 0.1) is 0 Å². The molecule has 0 aliphatic carbocycles. The van der Waals surface area contributed by atoms with Crippen LogP contribution in [0.4, 0.5) is 0 Å². The van der Waals surface area contributed by atoms with Gasteiger partial charge in [-0.15, -0.1) is 0 Å². The number of quaternary nitrogens is 1. The van der Waals surface area contributed by atoms with Crippen molar-refractivity contribution in [1.82, 2.24) is 0 Å². The van der Waals surface area contributed by atoms with Crippen molar-refractivity contribution in [3.63, 3.8) is 0 Å². The monoisotopic (exact) mass is 621 g/mol. The highest BCUT2D eigenvalue weighted by Crippen LogP contribution is 2.41. The summed E-state index contributed by atoms with van der Waals surface area (Å²) in [4.78, 5) is 12.2. The van der Waals surface area contributed by atoms with Gasteiger partial charge >= 0.3 is 5.97 Å². The van der Waals surface area contributed by atoms with Crippen LogP contribution in [0.15, 0.2) is 29.2 Å². The Hall–Kier alpha value is -2.62. The van der Waals surface area contributed by atoms with Crippen LogP contribution in [0.1, 0.15) is 116 Å². The van der Waals surface area contributed by atoms with E-state index in [1.165, 1.54) is 12.1 Å². The molecule has 0 spiro atoms. The fraction of sp³-hybridized carbons (Fsp3) is 0.618. The van der Waals surface area contributed by atoms with Gasteiger partial charge in [0.15, 0.2) is 0 Å². The fourth-order valence-electron chi connectivity index (χ4n) is 4.29. The van der Waals surface area contributed by atoms with Crippen LogP contribution in [-0.2, 0) is 36.5 Å². The maximum absolute atomic E-state index is 12.5. The lowest BCUT2D eigenvalue weighted by Crippen LogP contribution is -2.38. The van der Waals surface area contributed by atoms with Crippen LogP contribution >= 0.6 is 0 Å². The van der Waals surface area contributed by atoms with E-state index >= 15 is 0 Å². The molecule has 0 aliphatic heterocycles. The Morgan fingerprint density at radius 1 is 0.698 bits per heavy atom. The molecule has 0 radical (unpaired) electrons. The van der Waals surface area contributed by atoms with Gasteiger partial charge in [-0.25, -0.2) is 13.2 Å². The highest BCUT2D eigenvalue weighted by molar-refractivity contribution is 7.85. The minimum absolute atomic E-state index is 0.0624. The standard InChI is InChI=1S/C20H33NO3.C14H22O4S/c1-19(2,3)15-12-14(13-16(17(15)22)20(4,5)6)18(23)24-11-10-21(7,8)9;1-13(2,3)10-7-9(19(16,17)18)8-11(12(10)15)14(4,5)6/h12-13H,10-11H2,1-9H3;7-8,15H,1-6H3,(H,16,17,18). The van der Waals surface area contributed by atoms with Crippen LogP contribution in [0.2, 0.25) is 0 Å². The van der Waals surface area contributed by atoms with Gasteiger partial charge in [-0.05, 0) is 45.9 Å². The van der Waals surface area contributed by atoms with E-state index in [2.05, 4.69) is 21.1 Å². The molecule has 2 N–H and O–H groups in total. The summed E-state index contributed by atoms with van der Waals surface area (Å²) in [6.45, 7) is 24.4. The third-order valence-corrected chi connectivity index (χ3v) is 7.76. The Morgan fingerprint density at radius 3 is 1.26 bits per heavy atom. The third kappa shape index (κ3) is 11.1. The molecule has 0 atom stereocenters. The Kier molecular flexibility index (Phi) is 11.4. The molecular weight excluding hydrogens is 566 g/mol. The molecule has 2 aromatic rings. The number of hydrogen-bond acceptors (Lipinski definition) is 7. The van der Waals surface area contributed by atoms with E-state index in [0.29, 0.717) is 23.3 Å². The van der Waals surface area contributed by atoms with E-state index in [9.17, 15) is 28.0 Å². The highest BCUT2D eigenvalue weighted by Gasteiger charge is 2.29. The molecule has 0 unspecified atom stereocenters. The Labute approximate surface area is 260 Å². The molecule has 8 nitrogen and oxygen atoms in total. The number of carbonyl (C=O) groups excluding carboxylic acids is 1. The molecule has 0 aromatic heterocycles. The molecular formula is C34H55NO7S. The minimum atomic E-state index is -4.55. The van der Waals surface area contributed by atoms with Gasteiger partial charge < -0.3 is 24.0 Å². The number of hydrogen-bond donors (Lipinski definition) is 2. The predicted molar refractivity (Wildman–Crippen MR) is 172 cm³/mol. The highest BCUT2D eigenvalue weighted by atomic mass is 32.2. The fourth-order valence-corrected chi connectivity index (χ4v) is 4.81. The molecule has 0 saturated carbocycles. The average molecular weight is 622 g/mol. The Morgan fingerprint density at radius 2 is 1.00 bits per heavy atom. The molecule has 0 saturated heterocycles. The lowest BCUT2D eigenvalue weighted by Gasteiger charge is -2.28. The Balaban J connectivity index is 0.000000442. The number of benzene rings is 2. The molecule has 9 heteroatoms. The first kappa shape index (κ1) is 38.4. The smallest absolute Gasteiger partial charge is 0.338 e. The number of ether oxygens (including phenoxy) is 1. The second kappa shape index (κ2) is 12.8. The molecule has 2 aromatic carbocycles. The van der Waals surface area contributed by atoms with E-state index in [4.69, 9.17) is 4.74 Å². The molecule has 0 fully saturated rings. The second-order valence-electron chi connectivity index (χ2n) is 16.4. The number of nitrogens with zero attached hydrogens (tertiary/aromatic N) is 1. The average Bonchev–Trinajstić information content (AvgIpc) is 2.74. The number of aromatic hydroxyl groups is 2. The van der Waals surface area contributed by atoms with E-state index in [-0.39, 0.29) is 33.2 Å². The van der Waals surface area contributed by atoms with Crippen molar-refractivity contribution < 1.29 is 37.2 Å². The molecule has 0 bridgehead atoms. The van der Waals surface area contributed by atoms with Gasteiger partial charge in [0.2, 0.25) is 0 Å². The number of carbonyl (C=O) groups is 1. The maximum Gasteiger partial charge on any atom is 0.338 e. The largest absolute Gasteiger partial charge is 0.744 e. The molecule has 244 valence electrons. The van der Waals surface area contributed by atoms with Crippen molar-refractivity contribution in [3.05, 3.63) is 52.1 Å². The zero-order chi connectivity index (χ0) is 34.1. The summed E-state index contributed by atoms with van der Waals surface area (Å²) in [6, 6.07) is 6.07. The first-order chi connectivity index (χ1) is 18.9. The maximum atomic E-state index is 12.5. The molecule has 43 heavy (non-hydrogen) atoms. The van der Waals surface area contributed by atoms with E-state index < -0.39 is 20.9 Å². The summed E-state index contributed by atoms with van der Waals surface area (Å²) in [5.74, 6) is 0.00441. The van der Waals surface area contributed by atoms with Gasteiger partial charge in [0.25, 0.3) is 0 Å². The van der Waals surface area contributed by atoms with Gasteiger partial charge in [-0.3, -0.25) is 0 Å². The van der Waals surface area contributed by atoms with Crippen LogP contribution in [-0.4, -0.2) is 67.9 Å². The number of esters is 1. The van der Waals surface area contributed by atoms with Crippen LogP contribution in [0.3, 0.4) is 0 Å². The van der Waals surface area contributed by atoms with Crippen molar-refractivity contribution in [2.75, 3.05) is 34.3 Å². The number of rotatable bonds is 5. The van der Waals surface area contributed by atoms with Crippen molar-refractivity contribution in [1.29, 1.82) is 0 Å². The van der Waals surface area contributed by atoms with Gasteiger partial charge in [-0.1, -0.05) is 83.1 Å². The van der Waals surface area contributed by atoms with Crippen LogP contribution in [0.25, 0.3) is 0 Å². The van der Waals surface area contributed by atoms with Gasteiger partial charge in [0.1, 0.15) is 34.8 Å². The van der Waals surface area contributed by atoms with Crippen LogP contribution in [0.5, 0.6) is 11.5 Å². The lowest BCUT2D eigenvalue weighted by molar-refractivity contribution is -0.870. The quantitative estimate of drug-likeness (QED) is 0.215. The van der Waals surface area contributed by atoms with Gasteiger partial charge in [0, 0.05) is 22.3 Å². The van der Waals surface area contributed by atoms with E-state index in [0.717, 1.165) is 22.2 Å². The number of phenolic OH excluding ortho intramolecular Hbond substituents is 2. The molecule has 0 amide bonds. The van der Waals surface area contributed by atoms with Crippen molar-refractivity contribution in [3.8, 4) is 11.5 Å². The summed E-state index contributed by atoms with van der Waals surface area (Å²) in [5.41, 5.74) is 1.55. The zero-order valence-corrected chi connectivity index (χ0v) is 29.8. The topological polar surface area (TPSA) is 124 Å². The molecule has 2 rings (SSSR count).